The van der Waals surface area contributed by atoms with Crippen LogP contribution in [0.4, 0.5) is 5.69 Å². The third-order valence-corrected chi connectivity index (χ3v) is 4.50. The van der Waals surface area contributed by atoms with Gasteiger partial charge in [0.2, 0.25) is 0 Å². The highest BCUT2D eigenvalue weighted by atomic mass is 35.5. The molecule has 0 radical (unpaired) electrons. The largest absolute Gasteiger partial charge is 0.399 e. The van der Waals surface area contributed by atoms with Crippen LogP contribution >= 0.6 is 46.6 Å². The Balaban J connectivity index is 2.13. The lowest BCUT2D eigenvalue weighted by Gasteiger charge is -2.07. The highest BCUT2D eigenvalue weighted by Gasteiger charge is 2.05. The van der Waals surface area contributed by atoms with Crippen LogP contribution in [0.3, 0.4) is 0 Å². The molecule has 5 heteroatoms. The minimum absolute atomic E-state index is 0.651. The van der Waals surface area contributed by atoms with E-state index < -0.39 is 0 Å². The maximum atomic E-state index is 6.11. The first-order valence-electron chi connectivity index (χ1n) is 5.18. The molecule has 0 aliphatic rings. The summed E-state index contributed by atoms with van der Waals surface area (Å²) in [7, 11) is 0. The van der Waals surface area contributed by atoms with Crippen molar-refractivity contribution in [2.24, 2.45) is 0 Å². The fourth-order valence-electron chi connectivity index (χ4n) is 1.44. The number of hydrogen-bond donors (Lipinski definition) is 1. The van der Waals surface area contributed by atoms with Crippen LogP contribution < -0.4 is 5.73 Å². The molecule has 0 saturated heterocycles. The second-order valence-electron chi connectivity index (χ2n) is 3.71. The van der Waals surface area contributed by atoms with Crippen molar-refractivity contribution in [2.45, 2.75) is 10.6 Å². The minimum Gasteiger partial charge on any atom is -0.399 e. The second kappa shape index (κ2) is 6.07. The highest BCUT2D eigenvalue weighted by Crippen LogP contribution is 2.33. The third-order valence-electron chi connectivity index (χ3n) is 2.35. The normalized spacial score (nSPS) is 10.6. The summed E-state index contributed by atoms with van der Waals surface area (Å²) < 4.78 is 0. The van der Waals surface area contributed by atoms with Crippen molar-refractivity contribution >= 4 is 52.3 Å². The number of nitrogen functional groups attached to an aromatic ring is 1. The Morgan fingerprint density at radius 3 is 2.44 bits per heavy atom. The van der Waals surface area contributed by atoms with Crippen molar-refractivity contribution in [3.63, 3.8) is 0 Å². The van der Waals surface area contributed by atoms with Gasteiger partial charge in [0.15, 0.2) is 0 Å². The van der Waals surface area contributed by atoms with E-state index >= 15 is 0 Å². The number of rotatable bonds is 3. The Hall–Kier alpha value is -0.540. The lowest BCUT2D eigenvalue weighted by Crippen LogP contribution is -1.86. The maximum Gasteiger partial charge on any atom is 0.0562 e. The van der Waals surface area contributed by atoms with E-state index in [-0.39, 0.29) is 0 Å². The first-order chi connectivity index (χ1) is 8.56. The molecule has 2 aromatic carbocycles. The van der Waals surface area contributed by atoms with E-state index in [0.29, 0.717) is 26.5 Å². The van der Waals surface area contributed by atoms with Gasteiger partial charge in [0.1, 0.15) is 0 Å². The molecule has 0 saturated carbocycles. The van der Waals surface area contributed by atoms with Crippen molar-refractivity contribution in [2.75, 3.05) is 5.73 Å². The molecule has 0 fully saturated rings. The van der Waals surface area contributed by atoms with Crippen LogP contribution in [0.1, 0.15) is 5.56 Å². The zero-order chi connectivity index (χ0) is 13.1. The molecule has 0 aromatic heterocycles. The van der Waals surface area contributed by atoms with Crippen LogP contribution in [0, 0.1) is 0 Å². The lowest BCUT2D eigenvalue weighted by atomic mass is 10.2. The van der Waals surface area contributed by atoms with Gasteiger partial charge in [-0.3, -0.25) is 0 Å². The van der Waals surface area contributed by atoms with Crippen LogP contribution in [-0.2, 0) is 5.75 Å². The maximum absolute atomic E-state index is 6.11. The quantitative estimate of drug-likeness (QED) is 0.595. The SMILES string of the molecule is Nc1ccc(SCc2cc(Cl)ccc2Cl)c(Cl)c1. The molecular formula is C13H10Cl3NS. The van der Waals surface area contributed by atoms with E-state index in [9.17, 15) is 0 Å². The number of thioether (sulfide) groups is 1. The van der Waals surface area contributed by atoms with Gasteiger partial charge >= 0.3 is 0 Å². The van der Waals surface area contributed by atoms with E-state index in [1.807, 2.05) is 18.2 Å². The van der Waals surface area contributed by atoms with Crippen molar-refractivity contribution in [1.82, 2.24) is 0 Å². The number of halogens is 3. The molecule has 0 aliphatic heterocycles. The smallest absolute Gasteiger partial charge is 0.0562 e. The molecule has 94 valence electrons. The Morgan fingerprint density at radius 2 is 1.72 bits per heavy atom. The van der Waals surface area contributed by atoms with Crippen molar-refractivity contribution in [3.8, 4) is 0 Å². The lowest BCUT2D eigenvalue weighted by molar-refractivity contribution is 1.38. The molecule has 0 unspecified atom stereocenters. The summed E-state index contributed by atoms with van der Waals surface area (Å²) in [6, 6.07) is 10.9. The second-order valence-corrected chi connectivity index (χ2v) is 5.98. The van der Waals surface area contributed by atoms with Crippen molar-refractivity contribution < 1.29 is 0 Å². The average Bonchev–Trinajstić information content (AvgIpc) is 2.32. The number of benzene rings is 2. The molecular weight excluding hydrogens is 309 g/mol. The van der Waals surface area contributed by atoms with Crippen LogP contribution in [-0.4, -0.2) is 0 Å². The molecule has 2 N–H and O–H groups in total. The molecule has 0 spiro atoms. The van der Waals surface area contributed by atoms with E-state index in [1.54, 1.807) is 30.0 Å². The van der Waals surface area contributed by atoms with Crippen LogP contribution in [0.25, 0.3) is 0 Å². The van der Waals surface area contributed by atoms with E-state index in [0.717, 1.165) is 10.5 Å². The molecule has 0 atom stereocenters. The van der Waals surface area contributed by atoms with Gasteiger partial charge < -0.3 is 5.73 Å². The first-order valence-corrected chi connectivity index (χ1v) is 7.30. The Morgan fingerprint density at radius 1 is 0.944 bits per heavy atom. The number of nitrogens with two attached hydrogens (primary N) is 1. The van der Waals surface area contributed by atoms with Crippen LogP contribution in [0.15, 0.2) is 41.3 Å². The first kappa shape index (κ1) is 13.9. The highest BCUT2D eigenvalue weighted by molar-refractivity contribution is 7.98. The number of anilines is 1. The number of hydrogen-bond acceptors (Lipinski definition) is 2. The van der Waals surface area contributed by atoms with Crippen molar-refractivity contribution in [3.05, 3.63) is 57.0 Å². The van der Waals surface area contributed by atoms with Gasteiger partial charge in [-0.2, -0.15) is 0 Å². The molecule has 0 heterocycles. The summed E-state index contributed by atoms with van der Waals surface area (Å²) in [5.74, 6) is 0.711. The molecule has 2 rings (SSSR count). The standard InChI is InChI=1S/C13H10Cl3NS/c14-9-1-3-11(15)8(5-9)7-18-13-4-2-10(17)6-12(13)16/h1-6H,7,17H2. The van der Waals surface area contributed by atoms with Gasteiger partial charge in [-0.15, -0.1) is 11.8 Å². The summed E-state index contributed by atoms with van der Waals surface area (Å²) in [5.41, 5.74) is 7.29. The summed E-state index contributed by atoms with van der Waals surface area (Å²) in [6.07, 6.45) is 0. The molecule has 18 heavy (non-hydrogen) atoms. The fourth-order valence-corrected chi connectivity index (χ4v) is 3.17. The van der Waals surface area contributed by atoms with Gasteiger partial charge in [0.05, 0.1) is 5.02 Å². The van der Waals surface area contributed by atoms with Crippen LogP contribution in [0.5, 0.6) is 0 Å². The monoisotopic (exact) mass is 317 g/mol. The Kier molecular flexibility index (Phi) is 4.68. The Labute approximate surface area is 125 Å². The topological polar surface area (TPSA) is 26.0 Å². The van der Waals surface area contributed by atoms with Crippen molar-refractivity contribution in [1.29, 1.82) is 0 Å². The molecule has 0 amide bonds. The summed E-state index contributed by atoms with van der Waals surface area (Å²) in [5, 5.41) is 2.04. The van der Waals surface area contributed by atoms with Gasteiger partial charge in [-0.05, 0) is 42.0 Å². The summed E-state index contributed by atoms with van der Waals surface area (Å²) in [6.45, 7) is 0. The van der Waals surface area contributed by atoms with E-state index in [4.69, 9.17) is 40.5 Å². The zero-order valence-electron chi connectivity index (χ0n) is 9.29. The Bertz CT molecular complexity index is 572. The molecule has 0 bridgehead atoms. The van der Waals surface area contributed by atoms with E-state index in [2.05, 4.69) is 0 Å². The van der Waals surface area contributed by atoms with Crippen LogP contribution in [0.2, 0.25) is 15.1 Å². The predicted octanol–water partition coefficient (Wildman–Crippen LogP) is 5.52. The van der Waals surface area contributed by atoms with Gasteiger partial charge in [-0.25, -0.2) is 0 Å². The minimum atomic E-state index is 0.651. The predicted molar refractivity (Wildman–Crippen MR) is 81.9 cm³/mol. The van der Waals surface area contributed by atoms with E-state index in [1.165, 1.54) is 0 Å². The van der Waals surface area contributed by atoms with Gasteiger partial charge in [0, 0.05) is 26.4 Å². The zero-order valence-corrected chi connectivity index (χ0v) is 12.4. The molecule has 2 aromatic rings. The third kappa shape index (κ3) is 3.48. The van der Waals surface area contributed by atoms with Gasteiger partial charge in [0.25, 0.3) is 0 Å². The van der Waals surface area contributed by atoms with Gasteiger partial charge in [-0.1, -0.05) is 34.8 Å². The average molecular weight is 319 g/mol. The molecule has 0 aliphatic carbocycles. The summed E-state index contributed by atoms with van der Waals surface area (Å²) in [4.78, 5) is 0.974. The molecule has 1 nitrogen and oxygen atoms in total. The fraction of sp³-hybridized carbons (Fsp3) is 0.0769. The summed E-state index contributed by atoms with van der Waals surface area (Å²) >= 11 is 19.8.